The lowest BCUT2D eigenvalue weighted by atomic mass is 10.1. The summed E-state index contributed by atoms with van der Waals surface area (Å²) in [6, 6.07) is 6.32. The Hall–Kier alpha value is -0.870. The molecule has 1 atom stereocenters. The van der Waals surface area contributed by atoms with Crippen LogP contribution in [0.2, 0.25) is 0 Å². The van der Waals surface area contributed by atoms with Crippen molar-refractivity contribution in [1.29, 1.82) is 0 Å². The van der Waals surface area contributed by atoms with Gasteiger partial charge in [-0.2, -0.15) is 0 Å². The fraction of sp³-hybridized carbons (Fsp3) is 0.400. The van der Waals surface area contributed by atoms with Gasteiger partial charge in [-0.1, -0.05) is 19.1 Å². The highest BCUT2D eigenvalue weighted by atomic mass is 32.2. The lowest BCUT2D eigenvalue weighted by Gasteiger charge is -2.07. The number of aliphatic hydroxyl groups excluding tert-OH is 1. The average Bonchev–Trinajstić information content (AvgIpc) is 2.15. The minimum absolute atomic E-state index is 0.282. The van der Waals surface area contributed by atoms with Crippen molar-refractivity contribution >= 4 is 9.84 Å². The van der Waals surface area contributed by atoms with Gasteiger partial charge in [0, 0.05) is 6.26 Å². The maximum Gasteiger partial charge on any atom is 0.175 e. The molecule has 14 heavy (non-hydrogen) atoms. The van der Waals surface area contributed by atoms with Crippen molar-refractivity contribution in [2.24, 2.45) is 0 Å². The highest BCUT2D eigenvalue weighted by molar-refractivity contribution is 7.90. The first-order valence-electron chi connectivity index (χ1n) is 4.43. The Kier molecular flexibility index (Phi) is 3.29. The van der Waals surface area contributed by atoms with Gasteiger partial charge in [0.15, 0.2) is 9.84 Å². The molecule has 0 aromatic heterocycles. The standard InChI is InChI=1S/C10H14O3S/c1-3-10(11)8-4-6-9(7-5-8)14(2,12)13/h4-7,10-11H,3H2,1-2H3. The second-order valence-corrected chi connectivity index (χ2v) is 5.28. The van der Waals surface area contributed by atoms with E-state index in [9.17, 15) is 13.5 Å². The molecule has 0 bridgehead atoms. The third-order valence-corrected chi connectivity index (χ3v) is 3.21. The van der Waals surface area contributed by atoms with Crippen LogP contribution in [0.5, 0.6) is 0 Å². The fourth-order valence-electron chi connectivity index (χ4n) is 1.17. The second-order valence-electron chi connectivity index (χ2n) is 3.27. The lowest BCUT2D eigenvalue weighted by molar-refractivity contribution is 0.173. The zero-order valence-electron chi connectivity index (χ0n) is 8.27. The summed E-state index contributed by atoms with van der Waals surface area (Å²) in [5.74, 6) is 0. The summed E-state index contributed by atoms with van der Waals surface area (Å²) in [4.78, 5) is 0.282. The smallest absolute Gasteiger partial charge is 0.175 e. The van der Waals surface area contributed by atoms with E-state index in [0.29, 0.717) is 6.42 Å². The van der Waals surface area contributed by atoms with Gasteiger partial charge in [0.05, 0.1) is 11.0 Å². The van der Waals surface area contributed by atoms with E-state index in [1.165, 1.54) is 12.1 Å². The Morgan fingerprint density at radius 1 is 1.29 bits per heavy atom. The highest BCUT2D eigenvalue weighted by Crippen LogP contribution is 2.18. The SMILES string of the molecule is CCC(O)c1ccc(S(C)(=O)=O)cc1. The van der Waals surface area contributed by atoms with E-state index in [-0.39, 0.29) is 4.90 Å². The summed E-state index contributed by atoms with van der Waals surface area (Å²) < 4.78 is 22.2. The van der Waals surface area contributed by atoms with Crippen molar-refractivity contribution in [3.8, 4) is 0 Å². The van der Waals surface area contributed by atoms with E-state index in [4.69, 9.17) is 0 Å². The molecule has 78 valence electrons. The molecular formula is C10H14O3S. The summed E-state index contributed by atoms with van der Waals surface area (Å²) in [7, 11) is -3.13. The number of benzene rings is 1. The van der Waals surface area contributed by atoms with Crippen LogP contribution in [-0.4, -0.2) is 19.8 Å². The topological polar surface area (TPSA) is 54.4 Å². The monoisotopic (exact) mass is 214 g/mol. The van der Waals surface area contributed by atoms with Crippen LogP contribution in [0.1, 0.15) is 25.0 Å². The third kappa shape index (κ3) is 2.56. The summed E-state index contributed by atoms with van der Waals surface area (Å²) in [5.41, 5.74) is 0.750. The van der Waals surface area contributed by atoms with Crippen LogP contribution in [0.15, 0.2) is 29.2 Å². The zero-order valence-corrected chi connectivity index (χ0v) is 9.08. The minimum Gasteiger partial charge on any atom is -0.388 e. The summed E-state index contributed by atoms with van der Waals surface area (Å²) in [5, 5.41) is 9.47. The van der Waals surface area contributed by atoms with Crippen molar-refractivity contribution in [2.75, 3.05) is 6.26 Å². The second kappa shape index (κ2) is 4.11. The quantitative estimate of drug-likeness (QED) is 0.830. The van der Waals surface area contributed by atoms with Gasteiger partial charge in [-0.3, -0.25) is 0 Å². The van der Waals surface area contributed by atoms with Crippen LogP contribution in [0.25, 0.3) is 0 Å². The Morgan fingerprint density at radius 2 is 1.79 bits per heavy atom. The van der Waals surface area contributed by atoms with Gasteiger partial charge in [0.2, 0.25) is 0 Å². The number of sulfone groups is 1. The molecule has 0 saturated carbocycles. The summed E-state index contributed by atoms with van der Waals surface area (Å²) in [6.07, 6.45) is 1.28. The average molecular weight is 214 g/mol. The largest absolute Gasteiger partial charge is 0.388 e. The molecule has 4 heteroatoms. The van der Waals surface area contributed by atoms with Crippen molar-refractivity contribution in [3.05, 3.63) is 29.8 Å². The summed E-state index contributed by atoms with van der Waals surface area (Å²) in [6.45, 7) is 1.87. The molecule has 1 rings (SSSR count). The summed E-state index contributed by atoms with van der Waals surface area (Å²) >= 11 is 0. The van der Waals surface area contributed by atoms with Crippen molar-refractivity contribution in [3.63, 3.8) is 0 Å². The molecule has 0 spiro atoms. The van der Waals surface area contributed by atoms with E-state index in [1.54, 1.807) is 12.1 Å². The van der Waals surface area contributed by atoms with Crippen molar-refractivity contribution in [2.45, 2.75) is 24.3 Å². The van der Waals surface area contributed by atoms with Gasteiger partial charge in [-0.15, -0.1) is 0 Å². The van der Waals surface area contributed by atoms with Gasteiger partial charge in [-0.05, 0) is 24.1 Å². The maximum absolute atomic E-state index is 11.1. The first-order chi connectivity index (χ1) is 6.45. The molecule has 0 aliphatic carbocycles. The molecule has 1 aromatic carbocycles. The van der Waals surface area contributed by atoms with Crippen LogP contribution in [0.3, 0.4) is 0 Å². The predicted octanol–water partition coefficient (Wildman–Crippen LogP) is 1.53. The maximum atomic E-state index is 11.1. The molecule has 0 aliphatic heterocycles. The van der Waals surface area contributed by atoms with Crippen LogP contribution in [0, 0.1) is 0 Å². The molecule has 1 unspecified atom stereocenters. The van der Waals surface area contributed by atoms with E-state index < -0.39 is 15.9 Å². The van der Waals surface area contributed by atoms with E-state index in [0.717, 1.165) is 11.8 Å². The van der Waals surface area contributed by atoms with Crippen LogP contribution >= 0.6 is 0 Å². The molecule has 1 N–H and O–H groups in total. The van der Waals surface area contributed by atoms with Crippen molar-refractivity contribution < 1.29 is 13.5 Å². The van der Waals surface area contributed by atoms with Gasteiger partial charge < -0.3 is 5.11 Å². The molecule has 0 saturated heterocycles. The number of rotatable bonds is 3. The fourth-order valence-corrected chi connectivity index (χ4v) is 1.80. The van der Waals surface area contributed by atoms with Crippen LogP contribution in [-0.2, 0) is 9.84 Å². The molecule has 0 fully saturated rings. The first-order valence-corrected chi connectivity index (χ1v) is 6.32. The molecule has 3 nitrogen and oxygen atoms in total. The van der Waals surface area contributed by atoms with Crippen molar-refractivity contribution in [1.82, 2.24) is 0 Å². The van der Waals surface area contributed by atoms with Gasteiger partial charge in [-0.25, -0.2) is 8.42 Å². The van der Waals surface area contributed by atoms with Crippen LogP contribution < -0.4 is 0 Å². The number of aliphatic hydroxyl groups is 1. The minimum atomic E-state index is -3.13. The molecule has 0 aliphatic rings. The normalized spacial score (nSPS) is 13.9. The Balaban J connectivity index is 3.01. The lowest BCUT2D eigenvalue weighted by Crippen LogP contribution is -1.99. The molecule has 0 amide bonds. The molecule has 1 aromatic rings. The van der Waals surface area contributed by atoms with Gasteiger partial charge >= 0.3 is 0 Å². The molecule has 0 radical (unpaired) electrons. The first kappa shape index (κ1) is 11.2. The number of hydrogen-bond acceptors (Lipinski definition) is 3. The van der Waals surface area contributed by atoms with E-state index in [1.807, 2.05) is 6.92 Å². The number of hydrogen-bond donors (Lipinski definition) is 1. The highest BCUT2D eigenvalue weighted by Gasteiger charge is 2.08. The third-order valence-electron chi connectivity index (χ3n) is 2.08. The van der Waals surface area contributed by atoms with Gasteiger partial charge in [0.25, 0.3) is 0 Å². The Morgan fingerprint density at radius 3 is 2.14 bits per heavy atom. The molecular weight excluding hydrogens is 200 g/mol. The Labute approximate surface area is 84.3 Å². The zero-order chi connectivity index (χ0) is 10.8. The Bertz CT molecular complexity index is 392. The predicted molar refractivity (Wildman–Crippen MR) is 54.8 cm³/mol. The molecule has 0 heterocycles. The van der Waals surface area contributed by atoms with E-state index in [2.05, 4.69) is 0 Å². The van der Waals surface area contributed by atoms with Crippen LogP contribution in [0.4, 0.5) is 0 Å². The van der Waals surface area contributed by atoms with E-state index >= 15 is 0 Å². The van der Waals surface area contributed by atoms with Gasteiger partial charge in [0.1, 0.15) is 0 Å².